The lowest BCUT2D eigenvalue weighted by Crippen LogP contribution is -2.49. The van der Waals surface area contributed by atoms with E-state index in [4.69, 9.17) is 4.74 Å². The van der Waals surface area contributed by atoms with E-state index in [1.54, 1.807) is 13.2 Å². The molecule has 2 fully saturated rings. The van der Waals surface area contributed by atoms with Gasteiger partial charge in [-0.25, -0.2) is 9.97 Å². The second-order valence-corrected chi connectivity index (χ2v) is 7.72. The summed E-state index contributed by atoms with van der Waals surface area (Å²) >= 11 is 0. The summed E-state index contributed by atoms with van der Waals surface area (Å²) in [7, 11) is 1.69. The first-order chi connectivity index (χ1) is 14.2. The van der Waals surface area contributed by atoms with Crippen LogP contribution in [0.5, 0.6) is 5.75 Å². The Balaban J connectivity index is 1.37. The summed E-state index contributed by atoms with van der Waals surface area (Å²) in [6.07, 6.45) is 7.64. The predicted octanol–water partition coefficient (Wildman–Crippen LogP) is 3.19. The van der Waals surface area contributed by atoms with Gasteiger partial charge in [0.2, 0.25) is 0 Å². The highest BCUT2D eigenvalue weighted by molar-refractivity contribution is 5.93. The summed E-state index contributed by atoms with van der Waals surface area (Å²) < 4.78 is 5.47. The van der Waals surface area contributed by atoms with Crippen LogP contribution in [0.2, 0.25) is 0 Å². The lowest BCUT2D eigenvalue weighted by atomic mass is 9.95. The number of hydrogen-bond acceptors (Lipinski definition) is 6. The van der Waals surface area contributed by atoms with Crippen molar-refractivity contribution in [3.05, 3.63) is 42.4 Å². The zero-order chi connectivity index (χ0) is 20.1. The van der Waals surface area contributed by atoms with Crippen molar-refractivity contribution >= 4 is 17.4 Å². The van der Waals surface area contributed by atoms with E-state index < -0.39 is 0 Å². The highest BCUT2D eigenvalue weighted by Crippen LogP contribution is 2.28. The van der Waals surface area contributed by atoms with Crippen LogP contribution in [0.3, 0.4) is 0 Å². The average molecular weight is 396 g/mol. The summed E-state index contributed by atoms with van der Waals surface area (Å²) in [5, 5.41) is 3.48. The lowest BCUT2D eigenvalue weighted by Gasteiger charge is -2.36. The number of carbonyl (C=O) groups excluding carboxylic acids is 1. The fourth-order valence-electron chi connectivity index (χ4n) is 4.21. The van der Waals surface area contributed by atoms with Crippen molar-refractivity contribution in [3.8, 4) is 5.75 Å². The number of amides is 1. The van der Waals surface area contributed by atoms with Crippen molar-refractivity contribution in [2.45, 2.75) is 38.1 Å². The topological polar surface area (TPSA) is 70.6 Å². The monoisotopic (exact) mass is 395 g/mol. The SMILES string of the molecule is COc1ccccc1N1CCN(C(=O)c2cc(NC3CCCCC3)ncn2)CC1. The molecule has 1 aromatic carbocycles. The Morgan fingerprint density at radius 2 is 1.83 bits per heavy atom. The van der Waals surface area contributed by atoms with Crippen LogP contribution < -0.4 is 15.0 Å². The van der Waals surface area contributed by atoms with Crippen LogP contribution in [-0.2, 0) is 0 Å². The first-order valence-corrected chi connectivity index (χ1v) is 10.5. The summed E-state index contributed by atoms with van der Waals surface area (Å²) in [6.45, 7) is 2.85. The van der Waals surface area contributed by atoms with Crippen molar-refractivity contribution in [3.63, 3.8) is 0 Å². The van der Waals surface area contributed by atoms with Crippen LogP contribution in [0.1, 0.15) is 42.6 Å². The predicted molar refractivity (Wildman–Crippen MR) is 114 cm³/mol. The quantitative estimate of drug-likeness (QED) is 0.838. The fourth-order valence-corrected chi connectivity index (χ4v) is 4.21. The summed E-state index contributed by atoms with van der Waals surface area (Å²) in [5.74, 6) is 1.59. The van der Waals surface area contributed by atoms with Gasteiger partial charge in [-0.2, -0.15) is 0 Å². The summed E-state index contributed by atoms with van der Waals surface area (Å²) in [6, 6.07) is 10.3. The van der Waals surface area contributed by atoms with Gasteiger partial charge >= 0.3 is 0 Å². The molecule has 7 nitrogen and oxygen atoms in total. The molecule has 4 rings (SSSR count). The Bertz CT molecular complexity index is 829. The molecule has 0 bridgehead atoms. The first kappa shape index (κ1) is 19.5. The normalized spacial score (nSPS) is 17.8. The molecule has 29 heavy (non-hydrogen) atoms. The number of nitrogens with zero attached hydrogens (tertiary/aromatic N) is 4. The highest BCUT2D eigenvalue weighted by atomic mass is 16.5. The van der Waals surface area contributed by atoms with E-state index in [2.05, 4.69) is 26.3 Å². The zero-order valence-electron chi connectivity index (χ0n) is 17.0. The Hall–Kier alpha value is -2.83. The highest BCUT2D eigenvalue weighted by Gasteiger charge is 2.25. The van der Waals surface area contributed by atoms with E-state index in [0.29, 0.717) is 24.8 Å². The van der Waals surface area contributed by atoms with Crippen LogP contribution in [0, 0.1) is 0 Å². The molecule has 1 amide bonds. The molecule has 1 saturated carbocycles. The number of carbonyl (C=O) groups is 1. The number of rotatable bonds is 5. The first-order valence-electron chi connectivity index (χ1n) is 10.5. The van der Waals surface area contributed by atoms with E-state index in [0.717, 1.165) is 43.2 Å². The summed E-state index contributed by atoms with van der Waals surface area (Å²) in [4.78, 5) is 25.7. The molecule has 0 unspecified atom stereocenters. The maximum absolute atomic E-state index is 13.0. The number of para-hydroxylation sites is 2. The molecule has 0 spiro atoms. The second-order valence-electron chi connectivity index (χ2n) is 7.72. The average Bonchev–Trinajstić information content (AvgIpc) is 2.79. The van der Waals surface area contributed by atoms with E-state index in [1.807, 2.05) is 23.1 Å². The lowest BCUT2D eigenvalue weighted by molar-refractivity contribution is 0.0740. The molecule has 1 saturated heterocycles. The zero-order valence-corrected chi connectivity index (χ0v) is 17.0. The number of piperazine rings is 1. The van der Waals surface area contributed by atoms with Crippen LogP contribution in [0.15, 0.2) is 36.7 Å². The molecule has 1 aliphatic heterocycles. The molecular formula is C22H29N5O2. The Morgan fingerprint density at radius 1 is 1.07 bits per heavy atom. The van der Waals surface area contributed by atoms with Gasteiger partial charge in [0, 0.05) is 38.3 Å². The van der Waals surface area contributed by atoms with Crippen LogP contribution in [-0.4, -0.2) is 60.1 Å². The van der Waals surface area contributed by atoms with E-state index in [9.17, 15) is 4.79 Å². The number of anilines is 2. The second kappa shape index (κ2) is 9.11. The largest absolute Gasteiger partial charge is 0.495 e. The number of nitrogens with one attached hydrogen (secondary N) is 1. The molecule has 7 heteroatoms. The minimum atomic E-state index is -0.0289. The minimum Gasteiger partial charge on any atom is -0.495 e. The maximum Gasteiger partial charge on any atom is 0.272 e. The molecule has 1 N–H and O–H groups in total. The van der Waals surface area contributed by atoms with Gasteiger partial charge in [-0.05, 0) is 25.0 Å². The minimum absolute atomic E-state index is 0.0289. The number of benzene rings is 1. The third-order valence-corrected chi connectivity index (χ3v) is 5.84. The number of ether oxygens (including phenoxy) is 1. The Labute approximate surface area is 172 Å². The van der Waals surface area contributed by atoms with Crippen molar-refractivity contribution in [1.29, 1.82) is 0 Å². The van der Waals surface area contributed by atoms with Crippen molar-refractivity contribution < 1.29 is 9.53 Å². The van der Waals surface area contributed by atoms with Gasteiger partial charge in [0.1, 0.15) is 23.6 Å². The van der Waals surface area contributed by atoms with Gasteiger partial charge in [-0.15, -0.1) is 0 Å². The summed E-state index contributed by atoms with van der Waals surface area (Å²) in [5.41, 5.74) is 1.53. The third-order valence-electron chi connectivity index (χ3n) is 5.84. The van der Waals surface area contributed by atoms with Gasteiger partial charge in [0.25, 0.3) is 5.91 Å². The van der Waals surface area contributed by atoms with Gasteiger partial charge in [0.05, 0.1) is 12.8 Å². The van der Waals surface area contributed by atoms with Crippen molar-refractivity contribution in [1.82, 2.24) is 14.9 Å². The smallest absolute Gasteiger partial charge is 0.272 e. The molecule has 1 aliphatic carbocycles. The van der Waals surface area contributed by atoms with Gasteiger partial charge in [-0.3, -0.25) is 4.79 Å². The van der Waals surface area contributed by atoms with E-state index >= 15 is 0 Å². The van der Waals surface area contributed by atoms with E-state index in [-0.39, 0.29) is 5.91 Å². The number of aromatic nitrogens is 2. The molecule has 2 aliphatic rings. The van der Waals surface area contributed by atoms with Crippen LogP contribution >= 0.6 is 0 Å². The van der Waals surface area contributed by atoms with E-state index in [1.165, 1.54) is 25.6 Å². The van der Waals surface area contributed by atoms with Gasteiger partial charge in [0.15, 0.2) is 0 Å². The number of hydrogen-bond donors (Lipinski definition) is 1. The van der Waals surface area contributed by atoms with Crippen molar-refractivity contribution in [2.75, 3.05) is 43.5 Å². The van der Waals surface area contributed by atoms with Gasteiger partial charge in [-0.1, -0.05) is 31.4 Å². The molecular weight excluding hydrogens is 366 g/mol. The molecule has 0 atom stereocenters. The molecule has 154 valence electrons. The molecule has 2 aromatic rings. The van der Waals surface area contributed by atoms with Gasteiger partial charge < -0.3 is 19.9 Å². The molecule has 1 aromatic heterocycles. The molecule has 0 radical (unpaired) electrons. The molecule has 2 heterocycles. The number of methoxy groups -OCH3 is 1. The Morgan fingerprint density at radius 3 is 2.59 bits per heavy atom. The maximum atomic E-state index is 13.0. The van der Waals surface area contributed by atoms with Crippen molar-refractivity contribution in [2.24, 2.45) is 0 Å². The Kier molecular flexibility index (Phi) is 6.12. The third kappa shape index (κ3) is 4.60. The van der Waals surface area contributed by atoms with Crippen LogP contribution in [0.4, 0.5) is 11.5 Å². The van der Waals surface area contributed by atoms with Crippen LogP contribution in [0.25, 0.3) is 0 Å². The standard InChI is InChI=1S/C22H29N5O2/c1-29-20-10-6-5-9-19(20)26-11-13-27(14-12-26)22(28)18-15-21(24-16-23-18)25-17-7-3-2-4-8-17/h5-6,9-10,15-17H,2-4,7-8,11-14H2,1H3,(H,23,24,25). The fraction of sp³-hybridized carbons (Fsp3) is 0.500.